The Morgan fingerprint density at radius 1 is 1.38 bits per heavy atom. The van der Waals surface area contributed by atoms with E-state index in [1.165, 1.54) is 6.42 Å². The summed E-state index contributed by atoms with van der Waals surface area (Å²) < 4.78 is 0. The molecule has 0 aromatic carbocycles. The molecular weight excluding hydrogens is 206 g/mol. The van der Waals surface area contributed by atoms with Crippen molar-refractivity contribution in [3.8, 4) is 0 Å². The van der Waals surface area contributed by atoms with E-state index in [-0.39, 0.29) is 24.3 Å². The number of hydrogen-bond acceptors (Lipinski definition) is 2. The monoisotopic (exact) mass is 227 g/mol. The van der Waals surface area contributed by atoms with Gasteiger partial charge in [0, 0.05) is 12.5 Å². The van der Waals surface area contributed by atoms with Crippen LogP contribution in [0.25, 0.3) is 0 Å². The lowest BCUT2D eigenvalue weighted by Crippen LogP contribution is -2.41. The van der Waals surface area contributed by atoms with E-state index in [2.05, 4.69) is 5.32 Å². The molecule has 4 nitrogen and oxygen atoms in total. The highest BCUT2D eigenvalue weighted by Gasteiger charge is 2.24. The van der Waals surface area contributed by atoms with E-state index in [4.69, 9.17) is 5.11 Å². The maximum Gasteiger partial charge on any atom is 0.305 e. The number of carboxylic acids is 1. The largest absolute Gasteiger partial charge is 0.481 e. The van der Waals surface area contributed by atoms with Gasteiger partial charge in [-0.25, -0.2) is 0 Å². The summed E-state index contributed by atoms with van der Waals surface area (Å²) in [5.74, 6) is -0.175. The standard InChI is InChI=1S/C12H21NO3/c1-8(2)10(7-12(15)16)13-11(14)6-9-4-3-5-9/h8-10H,3-7H2,1-2H3,(H,13,14)(H,15,16). The van der Waals surface area contributed by atoms with Crippen molar-refractivity contribution in [3.63, 3.8) is 0 Å². The highest BCUT2D eigenvalue weighted by atomic mass is 16.4. The van der Waals surface area contributed by atoms with E-state index >= 15 is 0 Å². The second-order valence-corrected chi connectivity index (χ2v) is 5.02. The summed E-state index contributed by atoms with van der Waals surface area (Å²) in [7, 11) is 0. The molecule has 1 rings (SSSR count). The number of carboxylic acid groups (broad SMARTS) is 1. The van der Waals surface area contributed by atoms with E-state index in [0.29, 0.717) is 12.3 Å². The Morgan fingerprint density at radius 3 is 2.38 bits per heavy atom. The smallest absolute Gasteiger partial charge is 0.305 e. The molecule has 0 aromatic heterocycles. The van der Waals surface area contributed by atoms with Crippen molar-refractivity contribution in [1.29, 1.82) is 0 Å². The van der Waals surface area contributed by atoms with Crippen LogP contribution in [0.2, 0.25) is 0 Å². The SMILES string of the molecule is CC(C)C(CC(=O)O)NC(=O)CC1CCC1. The minimum Gasteiger partial charge on any atom is -0.481 e. The molecule has 92 valence electrons. The first-order valence-electron chi connectivity index (χ1n) is 6.00. The van der Waals surface area contributed by atoms with Crippen molar-refractivity contribution in [3.05, 3.63) is 0 Å². The van der Waals surface area contributed by atoms with Crippen molar-refractivity contribution >= 4 is 11.9 Å². The lowest BCUT2D eigenvalue weighted by atomic mass is 9.82. The summed E-state index contributed by atoms with van der Waals surface area (Å²) in [6, 6.07) is -0.245. The zero-order valence-corrected chi connectivity index (χ0v) is 10.0. The van der Waals surface area contributed by atoms with Crippen LogP contribution in [0.4, 0.5) is 0 Å². The van der Waals surface area contributed by atoms with Gasteiger partial charge in [0.05, 0.1) is 6.42 Å². The van der Waals surface area contributed by atoms with Crippen LogP contribution >= 0.6 is 0 Å². The fourth-order valence-corrected chi connectivity index (χ4v) is 1.87. The van der Waals surface area contributed by atoms with Crippen molar-refractivity contribution in [2.24, 2.45) is 11.8 Å². The fraction of sp³-hybridized carbons (Fsp3) is 0.833. The van der Waals surface area contributed by atoms with E-state index in [0.717, 1.165) is 12.8 Å². The molecule has 1 amide bonds. The van der Waals surface area contributed by atoms with Gasteiger partial charge < -0.3 is 10.4 Å². The average molecular weight is 227 g/mol. The number of aliphatic carboxylic acids is 1. The third-order valence-corrected chi connectivity index (χ3v) is 3.24. The van der Waals surface area contributed by atoms with Crippen LogP contribution in [0, 0.1) is 11.8 Å². The quantitative estimate of drug-likeness (QED) is 0.727. The maximum atomic E-state index is 11.6. The van der Waals surface area contributed by atoms with E-state index < -0.39 is 5.97 Å². The Bertz CT molecular complexity index is 259. The molecule has 0 saturated heterocycles. The van der Waals surface area contributed by atoms with Crippen LogP contribution in [0.3, 0.4) is 0 Å². The highest BCUT2D eigenvalue weighted by Crippen LogP contribution is 2.29. The van der Waals surface area contributed by atoms with Gasteiger partial charge in [-0.1, -0.05) is 20.3 Å². The Balaban J connectivity index is 2.34. The van der Waals surface area contributed by atoms with Gasteiger partial charge in [-0.15, -0.1) is 0 Å². The van der Waals surface area contributed by atoms with Gasteiger partial charge in [0.25, 0.3) is 0 Å². The Morgan fingerprint density at radius 2 is 2.00 bits per heavy atom. The van der Waals surface area contributed by atoms with Gasteiger partial charge >= 0.3 is 5.97 Å². The van der Waals surface area contributed by atoms with Crippen molar-refractivity contribution in [1.82, 2.24) is 5.32 Å². The van der Waals surface area contributed by atoms with Crippen LogP contribution in [0.1, 0.15) is 46.0 Å². The first kappa shape index (κ1) is 13.0. The predicted octanol–water partition coefficient (Wildman–Crippen LogP) is 1.79. The zero-order valence-electron chi connectivity index (χ0n) is 10.0. The maximum absolute atomic E-state index is 11.6. The fourth-order valence-electron chi connectivity index (χ4n) is 1.87. The molecule has 16 heavy (non-hydrogen) atoms. The van der Waals surface area contributed by atoms with Gasteiger partial charge in [0.2, 0.25) is 5.91 Å². The number of carbonyl (C=O) groups excluding carboxylic acids is 1. The summed E-state index contributed by atoms with van der Waals surface area (Å²) in [4.78, 5) is 22.3. The van der Waals surface area contributed by atoms with Crippen LogP contribution in [-0.4, -0.2) is 23.0 Å². The first-order valence-corrected chi connectivity index (χ1v) is 6.00. The molecule has 0 aliphatic heterocycles. The van der Waals surface area contributed by atoms with E-state index in [1.54, 1.807) is 0 Å². The zero-order chi connectivity index (χ0) is 12.1. The van der Waals surface area contributed by atoms with Gasteiger partial charge in [-0.05, 0) is 24.7 Å². The molecule has 0 spiro atoms. The third-order valence-electron chi connectivity index (χ3n) is 3.24. The molecule has 1 atom stereocenters. The molecule has 0 heterocycles. The lowest BCUT2D eigenvalue weighted by Gasteiger charge is -2.26. The second-order valence-electron chi connectivity index (χ2n) is 5.02. The molecule has 1 aliphatic carbocycles. The minimum absolute atomic E-state index is 0.00431. The Hall–Kier alpha value is -1.06. The molecule has 1 saturated carbocycles. The lowest BCUT2D eigenvalue weighted by molar-refractivity contribution is -0.138. The number of hydrogen-bond donors (Lipinski definition) is 2. The summed E-state index contributed by atoms with van der Waals surface area (Å²) in [6.07, 6.45) is 4.06. The second kappa shape index (κ2) is 5.87. The molecule has 1 fully saturated rings. The van der Waals surface area contributed by atoms with Gasteiger partial charge in [-0.3, -0.25) is 9.59 Å². The summed E-state index contributed by atoms with van der Waals surface area (Å²) >= 11 is 0. The summed E-state index contributed by atoms with van der Waals surface area (Å²) in [5, 5.41) is 11.6. The number of amides is 1. The molecule has 2 N–H and O–H groups in total. The molecule has 0 radical (unpaired) electrons. The van der Waals surface area contributed by atoms with Crippen LogP contribution in [0.5, 0.6) is 0 Å². The molecule has 4 heteroatoms. The van der Waals surface area contributed by atoms with Crippen molar-refractivity contribution in [2.45, 2.75) is 52.0 Å². The van der Waals surface area contributed by atoms with E-state index in [9.17, 15) is 9.59 Å². The minimum atomic E-state index is -0.859. The normalized spacial score (nSPS) is 17.9. The van der Waals surface area contributed by atoms with Gasteiger partial charge in [0.15, 0.2) is 0 Å². The predicted molar refractivity (Wildman–Crippen MR) is 61.0 cm³/mol. The van der Waals surface area contributed by atoms with Gasteiger partial charge in [0.1, 0.15) is 0 Å². The number of carbonyl (C=O) groups is 2. The topological polar surface area (TPSA) is 66.4 Å². The number of nitrogens with one attached hydrogen (secondary N) is 1. The van der Waals surface area contributed by atoms with Crippen LogP contribution < -0.4 is 5.32 Å². The molecule has 0 aromatic rings. The van der Waals surface area contributed by atoms with Crippen molar-refractivity contribution in [2.75, 3.05) is 0 Å². The van der Waals surface area contributed by atoms with Crippen LogP contribution in [-0.2, 0) is 9.59 Å². The van der Waals surface area contributed by atoms with Gasteiger partial charge in [-0.2, -0.15) is 0 Å². The van der Waals surface area contributed by atoms with E-state index in [1.807, 2.05) is 13.8 Å². The van der Waals surface area contributed by atoms with Crippen LogP contribution in [0.15, 0.2) is 0 Å². The average Bonchev–Trinajstić information content (AvgIpc) is 2.09. The molecular formula is C12H21NO3. The molecule has 0 bridgehead atoms. The summed E-state index contributed by atoms with van der Waals surface area (Å²) in [6.45, 7) is 3.86. The van der Waals surface area contributed by atoms with Crippen molar-refractivity contribution < 1.29 is 14.7 Å². The summed E-state index contributed by atoms with van der Waals surface area (Å²) in [5.41, 5.74) is 0. The Labute approximate surface area is 96.4 Å². The molecule has 1 aliphatic rings. The molecule has 1 unspecified atom stereocenters. The first-order chi connectivity index (χ1) is 7.49. The Kier molecular flexibility index (Phi) is 4.77. The third kappa shape index (κ3) is 4.21. The highest BCUT2D eigenvalue weighted by molar-refractivity contribution is 5.77. The number of rotatable bonds is 6.